The van der Waals surface area contributed by atoms with Gasteiger partial charge >= 0.3 is 5.97 Å². The van der Waals surface area contributed by atoms with Crippen molar-refractivity contribution in [2.75, 3.05) is 19.6 Å². The fourth-order valence-corrected chi connectivity index (χ4v) is 4.02. The van der Waals surface area contributed by atoms with Gasteiger partial charge in [-0.3, -0.25) is 9.59 Å². The summed E-state index contributed by atoms with van der Waals surface area (Å²) < 4.78 is 31.5. The second-order valence-electron chi connectivity index (χ2n) is 6.41. The van der Waals surface area contributed by atoms with Gasteiger partial charge in [0.2, 0.25) is 10.0 Å². The molecular formula is C19H26N2O5S. The van der Waals surface area contributed by atoms with Crippen molar-refractivity contribution in [3.05, 3.63) is 41.3 Å². The lowest BCUT2D eigenvalue weighted by Gasteiger charge is -2.29. The smallest absolute Gasteiger partial charge is 0.309 e. The molecule has 2 rings (SSSR count). The predicted octanol–water partition coefficient (Wildman–Crippen LogP) is 1.77. The second-order valence-corrected chi connectivity index (χ2v) is 8.22. The number of rotatable bonds is 7. The van der Waals surface area contributed by atoms with Crippen LogP contribution in [0.25, 0.3) is 6.08 Å². The molecule has 0 unspecified atom stereocenters. The van der Waals surface area contributed by atoms with Crippen LogP contribution in [0.2, 0.25) is 0 Å². The molecule has 27 heavy (non-hydrogen) atoms. The molecular weight excluding hydrogens is 368 g/mol. The predicted molar refractivity (Wildman–Crippen MR) is 103 cm³/mol. The van der Waals surface area contributed by atoms with E-state index in [9.17, 15) is 18.0 Å². The molecule has 8 heteroatoms. The number of piperidine rings is 1. The maximum atomic E-state index is 12.4. The van der Waals surface area contributed by atoms with Crippen LogP contribution < -0.4 is 5.32 Å². The Morgan fingerprint density at radius 3 is 2.48 bits per heavy atom. The molecule has 0 aliphatic carbocycles. The zero-order valence-corrected chi connectivity index (χ0v) is 16.4. The van der Waals surface area contributed by atoms with Gasteiger partial charge in [0, 0.05) is 25.0 Å². The summed E-state index contributed by atoms with van der Waals surface area (Å²) in [4.78, 5) is 23.9. The first-order valence-electron chi connectivity index (χ1n) is 9.05. The van der Waals surface area contributed by atoms with Crippen LogP contribution >= 0.6 is 0 Å². The van der Waals surface area contributed by atoms with Crippen LogP contribution in [-0.4, -0.2) is 50.3 Å². The van der Waals surface area contributed by atoms with Gasteiger partial charge < -0.3 is 10.1 Å². The van der Waals surface area contributed by atoms with E-state index in [-0.39, 0.29) is 19.0 Å². The van der Waals surface area contributed by atoms with E-state index in [1.807, 2.05) is 30.3 Å². The molecule has 1 aromatic carbocycles. The highest BCUT2D eigenvalue weighted by molar-refractivity contribution is 7.92. The highest BCUT2D eigenvalue weighted by Gasteiger charge is 2.32. The minimum Gasteiger partial charge on any atom is -0.452 e. The zero-order valence-electron chi connectivity index (χ0n) is 15.6. The third kappa shape index (κ3) is 6.18. The van der Waals surface area contributed by atoms with Gasteiger partial charge in [-0.15, -0.1) is 0 Å². The topological polar surface area (TPSA) is 92.8 Å². The van der Waals surface area contributed by atoms with Crippen LogP contribution in [0.3, 0.4) is 0 Å². The van der Waals surface area contributed by atoms with E-state index in [1.54, 1.807) is 13.0 Å². The van der Waals surface area contributed by atoms with E-state index in [0.717, 1.165) is 5.56 Å². The Hall–Kier alpha value is -2.19. The van der Waals surface area contributed by atoms with Gasteiger partial charge in [0.1, 0.15) is 0 Å². The van der Waals surface area contributed by atoms with Crippen molar-refractivity contribution in [2.24, 2.45) is 5.92 Å². The molecule has 1 amide bonds. The number of nitrogens with zero attached hydrogens (tertiary/aromatic N) is 1. The molecule has 1 fully saturated rings. The number of sulfonamides is 1. The van der Waals surface area contributed by atoms with Crippen LogP contribution in [0, 0.1) is 5.92 Å². The summed E-state index contributed by atoms with van der Waals surface area (Å²) in [6.45, 7) is 4.27. The van der Waals surface area contributed by atoms with E-state index >= 15 is 0 Å². The molecule has 1 aromatic rings. The van der Waals surface area contributed by atoms with E-state index in [0.29, 0.717) is 19.4 Å². The first kappa shape index (κ1) is 21.1. The lowest BCUT2D eigenvalue weighted by Crippen LogP contribution is -2.42. The van der Waals surface area contributed by atoms with E-state index in [4.69, 9.17) is 4.74 Å². The number of hydrogen-bond acceptors (Lipinski definition) is 5. The van der Waals surface area contributed by atoms with Gasteiger partial charge in [0.15, 0.2) is 6.10 Å². The van der Waals surface area contributed by atoms with Crippen molar-refractivity contribution in [3.63, 3.8) is 0 Å². The second kappa shape index (κ2) is 9.66. The van der Waals surface area contributed by atoms with Crippen LogP contribution in [-0.2, 0) is 24.3 Å². The molecule has 1 N–H and O–H groups in total. The highest BCUT2D eigenvalue weighted by atomic mass is 32.2. The number of carbonyl (C=O) groups is 2. The molecule has 0 bridgehead atoms. The lowest BCUT2D eigenvalue weighted by molar-refractivity contribution is -0.159. The quantitative estimate of drug-likeness (QED) is 0.712. The SMILES string of the molecule is CCNC(=O)[C@H](C)OC(=O)C1CCN(S(=O)(=O)/C=C/c2ccccc2)CC1. The fraction of sp³-hybridized carbons (Fsp3) is 0.474. The minimum atomic E-state index is -3.54. The Morgan fingerprint density at radius 2 is 1.89 bits per heavy atom. The van der Waals surface area contributed by atoms with Gasteiger partial charge in [-0.2, -0.15) is 4.31 Å². The van der Waals surface area contributed by atoms with Crippen LogP contribution in [0.4, 0.5) is 0 Å². The monoisotopic (exact) mass is 394 g/mol. The average Bonchev–Trinajstić information content (AvgIpc) is 2.67. The van der Waals surface area contributed by atoms with E-state index in [2.05, 4.69) is 5.32 Å². The summed E-state index contributed by atoms with van der Waals surface area (Å²) in [5.41, 5.74) is 0.805. The van der Waals surface area contributed by atoms with E-state index < -0.39 is 28.0 Å². The molecule has 1 heterocycles. The summed E-state index contributed by atoms with van der Waals surface area (Å²) in [5.74, 6) is -1.19. The van der Waals surface area contributed by atoms with Crippen molar-refractivity contribution in [3.8, 4) is 0 Å². The summed E-state index contributed by atoms with van der Waals surface area (Å²) in [5, 5.41) is 3.79. The number of carbonyl (C=O) groups excluding carboxylic acids is 2. The van der Waals surface area contributed by atoms with Crippen LogP contribution in [0.5, 0.6) is 0 Å². The summed E-state index contributed by atoms with van der Waals surface area (Å²) in [6, 6.07) is 9.19. The first-order valence-corrected chi connectivity index (χ1v) is 10.5. The number of nitrogens with one attached hydrogen (secondary N) is 1. The molecule has 148 valence electrons. The first-order chi connectivity index (χ1) is 12.8. The Labute approximate surface area is 160 Å². The van der Waals surface area contributed by atoms with E-state index in [1.165, 1.54) is 16.6 Å². The molecule has 0 saturated carbocycles. The van der Waals surface area contributed by atoms with Crippen LogP contribution in [0.1, 0.15) is 32.3 Å². The third-order valence-electron chi connectivity index (χ3n) is 4.39. The molecule has 0 spiro atoms. The largest absolute Gasteiger partial charge is 0.452 e. The van der Waals surface area contributed by atoms with Gasteiger partial charge in [0.05, 0.1) is 5.92 Å². The van der Waals surface area contributed by atoms with Crippen molar-refractivity contribution in [2.45, 2.75) is 32.8 Å². The van der Waals surface area contributed by atoms with Crippen molar-refractivity contribution in [1.29, 1.82) is 0 Å². The maximum Gasteiger partial charge on any atom is 0.309 e. The number of likely N-dealkylation sites (N-methyl/N-ethyl adjacent to an activating group) is 1. The third-order valence-corrected chi connectivity index (χ3v) is 5.96. The number of esters is 1. The number of ether oxygens (including phenoxy) is 1. The number of hydrogen-bond donors (Lipinski definition) is 1. The Balaban J connectivity index is 1.87. The molecule has 1 saturated heterocycles. The Kier molecular flexibility index (Phi) is 7.55. The van der Waals surface area contributed by atoms with Gasteiger partial charge in [-0.1, -0.05) is 30.3 Å². The van der Waals surface area contributed by atoms with Gasteiger partial charge in [-0.05, 0) is 38.3 Å². The minimum absolute atomic E-state index is 0.247. The van der Waals surface area contributed by atoms with Crippen LogP contribution in [0.15, 0.2) is 35.7 Å². The lowest BCUT2D eigenvalue weighted by atomic mass is 9.98. The molecule has 7 nitrogen and oxygen atoms in total. The maximum absolute atomic E-state index is 12.4. The molecule has 1 aliphatic heterocycles. The summed E-state index contributed by atoms with van der Waals surface area (Å²) >= 11 is 0. The standard InChI is InChI=1S/C19H26N2O5S/c1-3-20-18(22)15(2)26-19(23)17-9-12-21(13-10-17)27(24,25)14-11-16-7-5-4-6-8-16/h4-8,11,14-15,17H,3,9-10,12-13H2,1-2H3,(H,20,22)/b14-11+/t15-/m0/s1. The fourth-order valence-electron chi connectivity index (χ4n) is 2.80. The van der Waals surface area contributed by atoms with Crippen molar-refractivity contribution < 1.29 is 22.7 Å². The summed E-state index contributed by atoms with van der Waals surface area (Å²) in [6.07, 6.45) is 1.45. The average molecular weight is 394 g/mol. The normalized spacial score (nSPS) is 17.6. The molecule has 1 atom stereocenters. The molecule has 0 radical (unpaired) electrons. The Morgan fingerprint density at radius 1 is 1.26 bits per heavy atom. The number of benzene rings is 1. The highest BCUT2D eigenvalue weighted by Crippen LogP contribution is 2.22. The summed E-state index contributed by atoms with van der Waals surface area (Å²) in [7, 11) is -3.54. The zero-order chi connectivity index (χ0) is 19.9. The van der Waals surface area contributed by atoms with Gasteiger partial charge in [0.25, 0.3) is 5.91 Å². The van der Waals surface area contributed by atoms with Crippen molar-refractivity contribution in [1.82, 2.24) is 9.62 Å². The van der Waals surface area contributed by atoms with Crippen molar-refractivity contribution >= 4 is 28.0 Å². The number of amides is 1. The van der Waals surface area contributed by atoms with Gasteiger partial charge in [-0.25, -0.2) is 8.42 Å². The molecule has 0 aromatic heterocycles. The Bertz CT molecular complexity index is 769. The molecule has 1 aliphatic rings.